The molecule has 0 aliphatic carbocycles. The van der Waals surface area contributed by atoms with Crippen molar-refractivity contribution in [2.24, 2.45) is 0 Å². The van der Waals surface area contributed by atoms with Crippen LogP contribution in [-0.4, -0.2) is 35.9 Å². The summed E-state index contributed by atoms with van der Waals surface area (Å²) < 4.78 is 5.27. The van der Waals surface area contributed by atoms with Gasteiger partial charge in [0.25, 0.3) is 0 Å². The molecule has 4 rings (SSSR count). The summed E-state index contributed by atoms with van der Waals surface area (Å²) in [6.07, 6.45) is 1.80. The highest BCUT2D eigenvalue weighted by Crippen LogP contribution is 2.44. The van der Waals surface area contributed by atoms with E-state index in [2.05, 4.69) is 22.1 Å². The number of nitrogens with zero attached hydrogens (tertiary/aromatic N) is 2. The first kappa shape index (κ1) is 21.6. The summed E-state index contributed by atoms with van der Waals surface area (Å²) in [5.74, 6) is 6.12. The van der Waals surface area contributed by atoms with E-state index in [-0.39, 0.29) is 11.9 Å². The smallest absolute Gasteiger partial charge is 0.239 e. The number of nitrogens with one attached hydrogen (secondary N) is 2. The first-order valence-corrected chi connectivity index (χ1v) is 11.0. The molecule has 1 aromatic heterocycles. The zero-order chi connectivity index (χ0) is 22.9. The third kappa shape index (κ3) is 3.74. The number of carbonyl (C=O) groups excluding carboxylic acids is 1. The van der Waals surface area contributed by atoms with Gasteiger partial charge < -0.3 is 10.1 Å². The van der Waals surface area contributed by atoms with Gasteiger partial charge in [0.1, 0.15) is 10.8 Å². The number of rotatable bonds is 4. The fourth-order valence-corrected chi connectivity index (χ4v) is 5.00. The minimum absolute atomic E-state index is 0.0671. The third-order valence-electron chi connectivity index (χ3n) is 5.71. The summed E-state index contributed by atoms with van der Waals surface area (Å²) >= 11 is 1.52. The lowest BCUT2D eigenvalue weighted by molar-refractivity contribution is -0.131. The number of amides is 1. The van der Waals surface area contributed by atoms with Gasteiger partial charge in [-0.25, -0.2) is 4.98 Å². The second kappa shape index (κ2) is 8.48. The van der Waals surface area contributed by atoms with Gasteiger partial charge in [0.2, 0.25) is 5.91 Å². The van der Waals surface area contributed by atoms with Crippen molar-refractivity contribution in [1.29, 1.82) is 5.41 Å². The minimum Gasteiger partial charge on any atom is -0.497 e. The maximum atomic E-state index is 13.4. The second-order valence-electron chi connectivity index (χ2n) is 7.76. The first-order valence-electron chi connectivity index (χ1n) is 10.1. The zero-order valence-electron chi connectivity index (χ0n) is 18.4. The number of carbonyl (C=O) groups is 1. The Bertz CT molecular complexity index is 1240. The van der Waals surface area contributed by atoms with Gasteiger partial charge in [0.15, 0.2) is 5.96 Å². The van der Waals surface area contributed by atoms with Crippen molar-refractivity contribution in [2.45, 2.75) is 25.3 Å². The molecule has 1 unspecified atom stereocenters. The van der Waals surface area contributed by atoms with Gasteiger partial charge in [0.05, 0.1) is 23.4 Å². The highest BCUT2D eigenvalue weighted by atomic mass is 32.1. The van der Waals surface area contributed by atoms with Crippen LogP contribution in [0.1, 0.15) is 35.8 Å². The Kier molecular flexibility index (Phi) is 5.72. The summed E-state index contributed by atoms with van der Waals surface area (Å²) in [6.45, 7) is 3.77. The number of ether oxygens (including phenoxy) is 1. The molecule has 2 N–H and O–H groups in total. The third-order valence-corrected chi connectivity index (χ3v) is 7.00. The Morgan fingerprint density at radius 3 is 2.69 bits per heavy atom. The van der Waals surface area contributed by atoms with Gasteiger partial charge >= 0.3 is 0 Å². The molecule has 1 aliphatic heterocycles. The second-order valence-corrected chi connectivity index (χ2v) is 8.80. The van der Waals surface area contributed by atoms with Crippen LogP contribution in [0.5, 0.6) is 5.75 Å². The average Bonchev–Trinajstić information content (AvgIpc) is 3.30. The van der Waals surface area contributed by atoms with E-state index in [4.69, 9.17) is 10.1 Å². The molecule has 0 radical (unpaired) electrons. The molecule has 0 bridgehead atoms. The van der Waals surface area contributed by atoms with Crippen LogP contribution in [0.4, 0.5) is 0 Å². The van der Waals surface area contributed by atoms with Crippen LogP contribution in [0.15, 0.2) is 54.7 Å². The highest BCUT2D eigenvalue weighted by molar-refractivity contribution is 7.15. The standard InChI is InChI=1S/C25H24N4O2S/c1-5-7-16-8-6-9-18(14-16)22-27-15-20(32-22)25(2)21(23(30)29(3)24(26)28-25)17-10-12-19(31-4)13-11-17/h6,8-15,21H,1-4H3,(H2,26,28)/t21?,25-/m1/s1. The van der Waals surface area contributed by atoms with E-state index in [1.54, 1.807) is 20.4 Å². The van der Waals surface area contributed by atoms with Crippen LogP contribution in [0, 0.1) is 17.3 Å². The number of aromatic nitrogens is 1. The van der Waals surface area contributed by atoms with Crippen LogP contribution < -0.4 is 10.1 Å². The van der Waals surface area contributed by atoms with Gasteiger partial charge in [-0.05, 0) is 43.7 Å². The monoisotopic (exact) mass is 444 g/mol. The lowest BCUT2D eigenvalue weighted by atomic mass is 9.77. The van der Waals surface area contributed by atoms with Crippen molar-refractivity contribution in [3.05, 3.63) is 70.7 Å². The molecule has 0 spiro atoms. The maximum absolute atomic E-state index is 13.4. The van der Waals surface area contributed by atoms with Crippen molar-refractivity contribution in [1.82, 2.24) is 15.2 Å². The van der Waals surface area contributed by atoms with E-state index < -0.39 is 11.5 Å². The number of hydrogen-bond acceptors (Lipinski definition) is 5. The molecule has 0 saturated carbocycles. The quantitative estimate of drug-likeness (QED) is 0.592. The number of thiazole rings is 1. The highest BCUT2D eigenvalue weighted by Gasteiger charge is 2.49. The summed E-state index contributed by atoms with van der Waals surface area (Å²) in [6, 6.07) is 15.4. The molecule has 3 aromatic rings. The van der Waals surface area contributed by atoms with E-state index >= 15 is 0 Å². The van der Waals surface area contributed by atoms with Gasteiger partial charge in [-0.1, -0.05) is 30.2 Å². The van der Waals surface area contributed by atoms with Crippen LogP contribution >= 0.6 is 11.3 Å². The van der Waals surface area contributed by atoms with Crippen LogP contribution in [0.3, 0.4) is 0 Å². The Hall–Kier alpha value is -3.63. The predicted octanol–water partition coefficient (Wildman–Crippen LogP) is 4.19. The molecule has 1 amide bonds. The summed E-state index contributed by atoms with van der Waals surface area (Å²) in [7, 11) is 3.23. The Morgan fingerprint density at radius 1 is 1.25 bits per heavy atom. The van der Waals surface area contributed by atoms with Crippen molar-refractivity contribution in [3.63, 3.8) is 0 Å². The van der Waals surface area contributed by atoms with Gasteiger partial charge in [-0.15, -0.1) is 17.3 Å². The van der Waals surface area contributed by atoms with E-state index in [1.165, 1.54) is 16.2 Å². The van der Waals surface area contributed by atoms with E-state index in [0.717, 1.165) is 32.3 Å². The summed E-state index contributed by atoms with van der Waals surface area (Å²) in [4.78, 5) is 20.2. The van der Waals surface area contributed by atoms with Crippen LogP contribution in [0.2, 0.25) is 0 Å². The Morgan fingerprint density at radius 2 is 2.00 bits per heavy atom. The number of methoxy groups -OCH3 is 1. The fraction of sp³-hybridized carbons (Fsp3) is 0.240. The van der Waals surface area contributed by atoms with E-state index in [9.17, 15) is 4.79 Å². The molecule has 1 aliphatic rings. The largest absolute Gasteiger partial charge is 0.497 e. The van der Waals surface area contributed by atoms with Crippen molar-refractivity contribution < 1.29 is 9.53 Å². The predicted molar refractivity (Wildman–Crippen MR) is 127 cm³/mol. The average molecular weight is 445 g/mol. The Labute approximate surface area is 191 Å². The zero-order valence-corrected chi connectivity index (χ0v) is 19.2. The lowest BCUT2D eigenvalue weighted by Gasteiger charge is -2.44. The molecule has 32 heavy (non-hydrogen) atoms. The molecule has 2 aromatic carbocycles. The van der Waals surface area contributed by atoms with Gasteiger partial charge in [0, 0.05) is 24.4 Å². The normalized spacial score (nSPS) is 20.4. The molecule has 162 valence electrons. The molecule has 2 heterocycles. The summed E-state index contributed by atoms with van der Waals surface area (Å²) in [5, 5.41) is 12.4. The van der Waals surface area contributed by atoms with E-state index in [1.807, 2.05) is 62.4 Å². The molecule has 2 atom stereocenters. The number of guanidine groups is 1. The number of likely N-dealkylation sites (N-methyl/N-ethyl adjacent to an activating group) is 1. The molecule has 1 fully saturated rings. The lowest BCUT2D eigenvalue weighted by Crippen LogP contribution is -2.62. The number of benzene rings is 2. The van der Waals surface area contributed by atoms with Crippen LogP contribution in [0.25, 0.3) is 10.6 Å². The van der Waals surface area contributed by atoms with Crippen molar-refractivity contribution in [3.8, 4) is 28.2 Å². The van der Waals surface area contributed by atoms with Gasteiger partial charge in [-0.3, -0.25) is 15.1 Å². The minimum atomic E-state index is -0.827. The number of hydrogen-bond donors (Lipinski definition) is 2. The Balaban J connectivity index is 1.78. The molecule has 7 heteroatoms. The topological polar surface area (TPSA) is 78.3 Å². The van der Waals surface area contributed by atoms with Gasteiger partial charge in [-0.2, -0.15) is 0 Å². The fourth-order valence-electron chi connectivity index (χ4n) is 3.95. The van der Waals surface area contributed by atoms with Crippen LogP contribution in [-0.2, 0) is 10.3 Å². The molecule has 1 saturated heterocycles. The van der Waals surface area contributed by atoms with E-state index in [0.29, 0.717) is 0 Å². The SMILES string of the molecule is CC#Cc1cccc(-c2ncc([C@@]3(C)NC(=N)N(C)C(=O)C3c3ccc(OC)cc3)s2)c1. The molecular formula is C25H24N4O2S. The van der Waals surface area contributed by atoms with Crippen molar-refractivity contribution >= 4 is 23.2 Å². The molecular weight excluding hydrogens is 420 g/mol. The summed E-state index contributed by atoms with van der Waals surface area (Å²) in [5.41, 5.74) is 1.92. The first-order chi connectivity index (χ1) is 15.4. The van der Waals surface area contributed by atoms with Crippen molar-refractivity contribution in [2.75, 3.05) is 14.2 Å². The molecule has 6 nitrogen and oxygen atoms in total. The maximum Gasteiger partial charge on any atom is 0.239 e.